The topological polar surface area (TPSA) is 80.4 Å². The number of hydrogen-bond donors (Lipinski definition) is 2. The normalized spacial score (nSPS) is 15.5. The monoisotopic (exact) mass is 277 g/mol. The molecule has 0 aliphatic carbocycles. The van der Waals surface area contributed by atoms with Crippen LogP contribution in [0.15, 0.2) is 24.3 Å². The molecule has 6 heteroatoms. The fourth-order valence-corrected chi connectivity index (χ4v) is 2.95. The molecule has 17 heavy (non-hydrogen) atoms. The SMILES string of the molecule is CCS(=O)(=O)[C@@H](CO)[C@H](N)c1ccc(Cl)cc1. The molecule has 0 saturated carbocycles. The van der Waals surface area contributed by atoms with Crippen LogP contribution in [-0.2, 0) is 9.84 Å². The smallest absolute Gasteiger partial charge is 0.157 e. The quantitative estimate of drug-likeness (QED) is 0.846. The number of sulfone groups is 1. The van der Waals surface area contributed by atoms with Crippen LogP contribution in [0, 0.1) is 0 Å². The zero-order valence-electron chi connectivity index (χ0n) is 9.51. The minimum atomic E-state index is -3.38. The number of aliphatic hydroxyl groups is 1. The lowest BCUT2D eigenvalue weighted by Gasteiger charge is -2.21. The molecule has 1 aromatic rings. The van der Waals surface area contributed by atoms with Crippen LogP contribution < -0.4 is 5.73 Å². The summed E-state index contributed by atoms with van der Waals surface area (Å²) in [7, 11) is -3.38. The van der Waals surface area contributed by atoms with Crippen LogP contribution in [-0.4, -0.2) is 31.1 Å². The number of nitrogens with two attached hydrogens (primary N) is 1. The Kier molecular flexibility index (Phi) is 4.94. The largest absolute Gasteiger partial charge is 0.395 e. The first-order chi connectivity index (χ1) is 7.92. The van der Waals surface area contributed by atoms with Crippen molar-refractivity contribution in [1.29, 1.82) is 0 Å². The van der Waals surface area contributed by atoms with Gasteiger partial charge in [-0.3, -0.25) is 0 Å². The summed E-state index contributed by atoms with van der Waals surface area (Å²) >= 11 is 5.74. The van der Waals surface area contributed by atoms with Gasteiger partial charge in [-0.2, -0.15) is 0 Å². The van der Waals surface area contributed by atoms with Gasteiger partial charge in [-0.15, -0.1) is 0 Å². The van der Waals surface area contributed by atoms with Crippen molar-refractivity contribution < 1.29 is 13.5 Å². The van der Waals surface area contributed by atoms with Gasteiger partial charge in [0, 0.05) is 16.8 Å². The Balaban J connectivity index is 3.02. The Bertz CT molecular complexity index is 458. The Morgan fingerprint density at radius 2 is 1.88 bits per heavy atom. The van der Waals surface area contributed by atoms with Gasteiger partial charge in [0.25, 0.3) is 0 Å². The van der Waals surface area contributed by atoms with E-state index < -0.39 is 27.7 Å². The second kappa shape index (κ2) is 5.82. The van der Waals surface area contributed by atoms with E-state index in [4.69, 9.17) is 17.3 Å². The summed E-state index contributed by atoms with van der Waals surface area (Å²) in [5, 5.41) is 8.77. The van der Waals surface area contributed by atoms with Crippen molar-refractivity contribution in [1.82, 2.24) is 0 Å². The second-order valence-electron chi connectivity index (χ2n) is 3.75. The minimum Gasteiger partial charge on any atom is -0.395 e. The third-order valence-corrected chi connectivity index (χ3v) is 5.12. The highest BCUT2D eigenvalue weighted by atomic mass is 35.5. The zero-order chi connectivity index (χ0) is 13.1. The van der Waals surface area contributed by atoms with Crippen molar-refractivity contribution >= 4 is 21.4 Å². The molecule has 0 aliphatic rings. The van der Waals surface area contributed by atoms with Crippen LogP contribution in [0.25, 0.3) is 0 Å². The lowest BCUT2D eigenvalue weighted by atomic mass is 10.1. The maximum absolute atomic E-state index is 11.7. The maximum atomic E-state index is 11.7. The van der Waals surface area contributed by atoms with Gasteiger partial charge in [-0.05, 0) is 17.7 Å². The van der Waals surface area contributed by atoms with Crippen molar-refractivity contribution in [3.63, 3.8) is 0 Å². The molecule has 0 fully saturated rings. The van der Waals surface area contributed by atoms with Gasteiger partial charge in [-0.1, -0.05) is 30.7 Å². The highest BCUT2D eigenvalue weighted by molar-refractivity contribution is 7.92. The minimum absolute atomic E-state index is 0.0421. The number of benzene rings is 1. The molecule has 1 aromatic carbocycles. The van der Waals surface area contributed by atoms with Crippen molar-refractivity contribution in [3.8, 4) is 0 Å². The standard InChI is InChI=1S/C11H16ClNO3S/c1-2-17(15,16)10(7-14)11(13)8-3-5-9(12)6-4-8/h3-6,10-11,14H,2,7,13H2,1H3/t10-,11+/m0/s1. The third-order valence-electron chi connectivity index (χ3n) is 2.70. The van der Waals surface area contributed by atoms with E-state index in [0.717, 1.165) is 0 Å². The van der Waals surface area contributed by atoms with Crippen LogP contribution in [0.5, 0.6) is 0 Å². The molecular weight excluding hydrogens is 262 g/mol. The molecule has 0 bridgehead atoms. The van der Waals surface area contributed by atoms with Gasteiger partial charge in [0.05, 0.1) is 6.61 Å². The first kappa shape index (κ1) is 14.4. The molecule has 96 valence electrons. The molecule has 0 unspecified atom stereocenters. The molecule has 0 amide bonds. The highest BCUT2D eigenvalue weighted by Crippen LogP contribution is 2.22. The number of hydrogen-bond acceptors (Lipinski definition) is 4. The maximum Gasteiger partial charge on any atom is 0.157 e. The van der Waals surface area contributed by atoms with E-state index in [2.05, 4.69) is 0 Å². The molecule has 0 aromatic heterocycles. The fraction of sp³-hybridized carbons (Fsp3) is 0.455. The Labute approximate surface area is 106 Å². The lowest BCUT2D eigenvalue weighted by molar-refractivity contribution is 0.277. The molecular formula is C11H16ClNO3S. The molecule has 0 radical (unpaired) electrons. The molecule has 3 N–H and O–H groups in total. The van der Waals surface area contributed by atoms with Crippen LogP contribution in [0.4, 0.5) is 0 Å². The van der Waals surface area contributed by atoms with Gasteiger partial charge in [0.2, 0.25) is 0 Å². The zero-order valence-corrected chi connectivity index (χ0v) is 11.1. The molecule has 1 rings (SSSR count). The van der Waals surface area contributed by atoms with E-state index in [0.29, 0.717) is 10.6 Å². The number of aliphatic hydroxyl groups excluding tert-OH is 1. The predicted molar refractivity (Wildman–Crippen MR) is 68.7 cm³/mol. The average molecular weight is 278 g/mol. The Morgan fingerprint density at radius 1 is 1.35 bits per heavy atom. The van der Waals surface area contributed by atoms with E-state index >= 15 is 0 Å². The molecule has 0 heterocycles. The van der Waals surface area contributed by atoms with E-state index in [-0.39, 0.29) is 5.75 Å². The van der Waals surface area contributed by atoms with Gasteiger partial charge in [0.1, 0.15) is 5.25 Å². The van der Waals surface area contributed by atoms with Crippen molar-refractivity contribution in [2.24, 2.45) is 5.73 Å². The second-order valence-corrected chi connectivity index (χ2v) is 6.69. The summed E-state index contributed by atoms with van der Waals surface area (Å²) in [6, 6.07) is 5.87. The molecule has 4 nitrogen and oxygen atoms in total. The summed E-state index contributed by atoms with van der Waals surface area (Å²) in [4.78, 5) is 0. The molecule has 2 atom stereocenters. The molecule has 0 saturated heterocycles. The van der Waals surface area contributed by atoms with Crippen LogP contribution in [0.1, 0.15) is 18.5 Å². The summed E-state index contributed by atoms with van der Waals surface area (Å²) in [6.45, 7) is 1.05. The molecule has 0 spiro atoms. The van der Waals surface area contributed by atoms with Crippen LogP contribution >= 0.6 is 11.6 Å². The summed E-state index contributed by atoms with van der Waals surface area (Å²) in [6.07, 6.45) is 0. The number of halogens is 1. The summed E-state index contributed by atoms with van der Waals surface area (Å²) in [5.74, 6) is -0.0421. The first-order valence-corrected chi connectivity index (χ1v) is 7.35. The Hall–Kier alpha value is -0.620. The van der Waals surface area contributed by atoms with Gasteiger partial charge >= 0.3 is 0 Å². The Morgan fingerprint density at radius 3 is 2.29 bits per heavy atom. The lowest BCUT2D eigenvalue weighted by Crippen LogP contribution is -2.37. The first-order valence-electron chi connectivity index (χ1n) is 5.25. The van der Waals surface area contributed by atoms with Crippen LogP contribution in [0.3, 0.4) is 0 Å². The van der Waals surface area contributed by atoms with E-state index in [9.17, 15) is 13.5 Å². The van der Waals surface area contributed by atoms with Gasteiger partial charge in [0.15, 0.2) is 9.84 Å². The predicted octanol–water partition coefficient (Wildman–Crippen LogP) is 1.14. The molecule has 0 aliphatic heterocycles. The van der Waals surface area contributed by atoms with E-state index in [1.54, 1.807) is 24.3 Å². The van der Waals surface area contributed by atoms with E-state index in [1.165, 1.54) is 6.92 Å². The van der Waals surface area contributed by atoms with E-state index in [1.807, 2.05) is 0 Å². The fourth-order valence-electron chi connectivity index (χ4n) is 1.56. The number of rotatable bonds is 5. The van der Waals surface area contributed by atoms with Crippen LogP contribution in [0.2, 0.25) is 5.02 Å². The average Bonchev–Trinajstić information content (AvgIpc) is 2.30. The van der Waals surface area contributed by atoms with Crippen molar-refractivity contribution in [2.45, 2.75) is 18.2 Å². The summed E-state index contributed by atoms with van der Waals surface area (Å²) < 4.78 is 23.5. The third kappa shape index (κ3) is 3.42. The van der Waals surface area contributed by atoms with Crippen molar-refractivity contribution in [3.05, 3.63) is 34.9 Å². The summed E-state index contributed by atoms with van der Waals surface area (Å²) in [5.41, 5.74) is 6.52. The van der Waals surface area contributed by atoms with Crippen molar-refractivity contribution in [2.75, 3.05) is 12.4 Å². The highest BCUT2D eigenvalue weighted by Gasteiger charge is 2.30. The van der Waals surface area contributed by atoms with Gasteiger partial charge < -0.3 is 10.8 Å². The van der Waals surface area contributed by atoms with Gasteiger partial charge in [-0.25, -0.2) is 8.42 Å².